The van der Waals surface area contributed by atoms with Crippen LogP contribution >= 0.6 is 11.6 Å². The Bertz CT molecular complexity index is 475. The number of hydrogen-bond donors (Lipinski definition) is 1. The molecule has 2 rings (SSSR count). The van der Waals surface area contributed by atoms with Gasteiger partial charge in [-0.05, 0) is 24.3 Å². The van der Waals surface area contributed by atoms with Crippen LogP contribution in [0.5, 0.6) is 0 Å². The molecule has 0 spiro atoms. The van der Waals surface area contributed by atoms with Gasteiger partial charge >= 0.3 is 12.0 Å². The van der Waals surface area contributed by atoms with Gasteiger partial charge in [0.1, 0.15) is 0 Å². The van der Waals surface area contributed by atoms with Gasteiger partial charge in [-0.25, -0.2) is 4.79 Å². The van der Waals surface area contributed by atoms with Crippen molar-refractivity contribution in [2.75, 3.05) is 25.0 Å². The van der Waals surface area contributed by atoms with Crippen molar-refractivity contribution in [1.82, 2.24) is 4.90 Å². The van der Waals surface area contributed by atoms with Gasteiger partial charge in [0.2, 0.25) is 0 Å². The van der Waals surface area contributed by atoms with Gasteiger partial charge in [-0.3, -0.25) is 9.69 Å². The molecule has 1 aromatic carbocycles. The molecule has 18 heavy (non-hydrogen) atoms. The molecule has 0 bridgehead atoms. The van der Waals surface area contributed by atoms with Crippen LogP contribution in [0.3, 0.4) is 0 Å². The van der Waals surface area contributed by atoms with Crippen LogP contribution in [0.25, 0.3) is 0 Å². The third-order valence-corrected chi connectivity index (χ3v) is 3.19. The van der Waals surface area contributed by atoms with Crippen molar-refractivity contribution < 1.29 is 14.7 Å². The summed E-state index contributed by atoms with van der Waals surface area (Å²) in [4.78, 5) is 25.9. The number of halogens is 1. The Morgan fingerprint density at radius 3 is 2.50 bits per heavy atom. The van der Waals surface area contributed by atoms with Gasteiger partial charge < -0.3 is 10.0 Å². The molecule has 1 aliphatic rings. The van der Waals surface area contributed by atoms with Crippen molar-refractivity contribution in [2.45, 2.75) is 0 Å². The van der Waals surface area contributed by atoms with Crippen molar-refractivity contribution in [3.8, 4) is 0 Å². The van der Waals surface area contributed by atoms with Gasteiger partial charge in [0.15, 0.2) is 0 Å². The van der Waals surface area contributed by atoms with E-state index < -0.39 is 11.9 Å². The van der Waals surface area contributed by atoms with E-state index in [1.54, 1.807) is 31.3 Å². The van der Waals surface area contributed by atoms with Crippen LogP contribution in [-0.2, 0) is 4.79 Å². The summed E-state index contributed by atoms with van der Waals surface area (Å²) in [6.45, 7) is 0.415. The Labute approximate surface area is 110 Å². The Morgan fingerprint density at radius 2 is 1.94 bits per heavy atom. The molecule has 1 saturated heterocycles. The predicted molar refractivity (Wildman–Crippen MR) is 67.9 cm³/mol. The molecule has 0 aromatic heterocycles. The van der Waals surface area contributed by atoms with Gasteiger partial charge in [-0.15, -0.1) is 0 Å². The summed E-state index contributed by atoms with van der Waals surface area (Å²) in [5.74, 6) is -1.48. The molecular weight excluding hydrogens is 256 g/mol. The van der Waals surface area contributed by atoms with E-state index in [0.29, 0.717) is 10.7 Å². The number of carboxylic acids is 1. The van der Waals surface area contributed by atoms with E-state index in [-0.39, 0.29) is 19.1 Å². The number of anilines is 1. The molecule has 5 nitrogen and oxygen atoms in total. The van der Waals surface area contributed by atoms with E-state index in [9.17, 15) is 9.59 Å². The number of carbonyl (C=O) groups excluding carboxylic acids is 1. The summed E-state index contributed by atoms with van der Waals surface area (Å²) in [5, 5.41) is 9.64. The van der Waals surface area contributed by atoms with Crippen LogP contribution in [0.1, 0.15) is 0 Å². The lowest BCUT2D eigenvalue weighted by Gasteiger charge is -2.36. The number of nitrogens with zero attached hydrogens (tertiary/aromatic N) is 2. The van der Waals surface area contributed by atoms with E-state index >= 15 is 0 Å². The van der Waals surface area contributed by atoms with Crippen molar-refractivity contribution in [2.24, 2.45) is 5.92 Å². The molecule has 1 atom stereocenters. The minimum Gasteiger partial charge on any atom is -0.481 e. The number of rotatable bonds is 2. The van der Waals surface area contributed by atoms with Crippen molar-refractivity contribution in [3.05, 3.63) is 29.3 Å². The third-order valence-electron chi connectivity index (χ3n) is 2.94. The summed E-state index contributed by atoms with van der Waals surface area (Å²) >= 11 is 5.79. The molecule has 96 valence electrons. The van der Waals surface area contributed by atoms with Crippen LogP contribution in [0.2, 0.25) is 5.02 Å². The first-order valence-corrected chi connectivity index (χ1v) is 5.88. The van der Waals surface area contributed by atoms with Crippen LogP contribution < -0.4 is 4.90 Å². The highest BCUT2D eigenvalue weighted by Gasteiger charge is 2.34. The highest BCUT2D eigenvalue weighted by atomic mass is 35.5. The molecule has 0 saturated carbocycles. The van der Waals surface area contributed by atoms with Crippen molar-refractivity contribution in [3.63, 3.8) is 0 Å². The number of aliphatic carboxylic acids is 1. The largest absolute Gasteiger partial charge is 0.481 e. The normalized spacial score (nSPS) is 20.1. The van der Waals surface area contributed by atoms with Gasteiger partial charge in [-0.1, -0.05) is 11.6 Å². The molecule has 1 N–H and O–H groups in total. The van der Waals surface area contributed by atoms with E-state index in [1.165, 1.54) is 9.80 Å². The maximum Gasteiger partial charge on any atom is 0.324 e. The first kappa shape index (κ1) is 12.7. The lowest BCUT2D eigenvalue weighted by atomic mass is 10.1. The Kier molecular flexibility index (Phi) is 3.43. The number of benzene rings is 1. The fraction of sp³-hybridized carbons (Fsp3) is 0.333. The third kappa shape index (κ3) is 2.41. The zero-order valence-corrected chi connectivity index (χ0v) is 10.6. The number of hydrogen-bond acceptors (Lipinski definition) is 2. The minimum atomic E-state index is -0.895. The SMILES string of the molecule is CN1CC(C(=O)O)CN(c2ccc(Cl)cc2)C1=O. The van der Waals surface area contributed by atoms with Crippen LogP contribution in [0.15, 0.2) is 24.3 Å². The van der Waals surface area contributed by atoms with Crippen LogP contribution in [0.4, 0.5) is 10.5 Å². The fourth-order valence-electron chi connectivity index (χ4n) is 1.96. The van der Waals surface area contributed by atoms with E-state index in [1.807, 2.05) is 0 Å². The number of amides is 2. The topological polar surface area (TPSA) is 60.9 Å². The number of carbonyl (C=O) groups is 2. The molecule has 1 unspecified atom stereocenters. The standard InChI is InChI=1S/C12H13ClN2O3/c1-14-6-8(11(16)17)7-15(12(14)18)10-4-2-9(13)3-5-10/h2-5,8H,6-7H2,1H3,(H,16,17). The second-order valence-corrected chi connectivity index (χ2v) is 4.72. The molecule has 2 amide bonds. The number of carboxylic acid groups (broad SMARTS) is 1. The van der Waals surface area contributed by atoms with E-state index in [0.717, 1.165) is 0 Å². The predicted octanol–water partition coefficient (Wildman–Crippen LogP) is 1.91. The molecule has 6 heteroatoms. The van der Waals surface area contributed by atoms with Gasteiger partial charge in [0.05, 0.1) is 5.92 Å². The highest BCUT2D eigenvalue weighted by molar-refractivity contribution is 6.30. The highest BCUT2D eigenvalue weighted by Crippen LogP contribution is 2.23. The van der Waals surface area contributed by atoms with Gasteiger partial charge in [0, 0.05) is 30.8 Å². The second-order valence-electron chi connectivity index (χ2n) is 4.29. The first-order valence-electron chi connectivity index (χ1n) is 5.50. The van der Waals surface area contributed by atoms with E-state index in [2.05, 4.69) is 0 Å². The lowest BCUT2D eigenvalue weighted by molar-refractivity contribution is -0.141. The maximum atomic E-state index is 12.0. The monoisotopic (exact) mass is 268 g/mol. The van der Waals surface area contributed by atoms with E-state index in [4.69, 9.17) is 16.7 Å². The first-order chi connectivity index (χ1) is 8.49. The Balaban J connectivity index is 2.27. The van der Waals surface area contributed by atoms with Crippen LogP contribution in [-0.4, -0.2) is 42.1 Å². The molecular formula is C12H13ClN2O3. The van der Waals surface area contributed by atoms with Crippen molar-refractivity contribution in [1.29, 1.82) is 0 Å². The molecule has 1 aromatic rings. The number of urea groups is 1. The Morgan fingerprint density at radius 1 is 1.33 bits per heavy atom. The lowest BCUT2D eigenvalue weighted by Crippen LogP contribution is -2.54. The Hall–Kier alpha value is -1.75. The average Bonchev–Trinajstić information content (AvgIpc) is 2.33. The molecule has 1 fully saturated rings. The minimum absolute atomic E-state index is 0.181. The fourth-order valence-corrected chi connectivity index (χ4v) is 2.09. The zero-order chi connectivity index (χ0) is 13.3. The zero-order valence-electron chi connectivity index (χ0n) is 9.84. The summed E-state index contributed by atoms with van der Waals surface area (Å²) in [5.41, 5.74) is 0.655. The summed E-state index contributed by atoms with van der Waals surface area (Å²) in [7, 11) is 1.60. The molecule has 0 radical (unpaired) electrons. The summed E-state index contributed by atoms with van der Waals surface area (Å²) in [6, 6.07) is 6.56. The molecule has 1 heterocycles. The van der Waals surface area contributed by atoms with Crippen molar-refractivity contribution >= 4 is 29.3 Å². The maximum absolute atomic E-state index is 12.0. The van der Waals surface area contributed by atoms with Gasteiger partial charge in [-0.2, -0.15) is 0 Å². The second kappa shape index (κ2) is 4.86. The average molecular weight is 269 g/mol. The molecule has 1 aliphatic heterocycles. The van der Waals surface area contributed by atoms with Crippen LogP contribution in [0, 0.1) is 5.92 Å². The quantitative estimate of drug-likeness (QED) is 0.891. The summed E-state index contributed by atoms with van der Waals surface area (Å²) in [6.07, 6.45) is 0. The van der Waals surface area contributed by atoms with Gasteiger partial charge in [0.25, 0.3) is 0 Å². The smallest absolute Gasteiger partial charge is 0.324 e. The summed E-state index contributed by atoms with van der Waals surface area (Å²) < 4.78 is 0. The molecule has 0 aliphatic carbocycles.